The van der Waals surface area contributed by atoms with E-state index in [2.05, 4.69) is 19.1 Å². The molecule has 6 heteroatoms. The number of carbonyl (C=O) groups excluding carboxylic acids is 1. The van der Waals surface area contributed by atoms with Crippen LogP contribution < -0.4 is 5.06 Å². The molecule has 2 unspecified atom stereocenters. The normalized spacial score (nSPS) is 34.5. The summed E-state index contributed by atoms with van der Waals surface area (Å²) in [4.78, 5) is 24.3. The molecular weight excluding hydrogens is 380 g/mol. The molecule has 1 spiro atoms. The molecule has 154 valence electrons. The highest BCUT2D eigenvalue weighted by Crippen LogP contribution is 2.57. The van der Waals surface area contributed by atoms with Gasteiger partial charge >= 0.3 is 0 Å². The summed E-state index contributed by atoms with van der Waals surface area (Å²) in [6.07, 6.45) is 5.01. The van der Waals surface area contributed by atoms with Crippen molar-refractivity contribution in [3.05, 3.63) is 59.6 Å². The number of hydrogen-bond donors (Lipinski definition) is 0. The molecule has 3 fully saturated rings. The fourth-order valence-electron chi connectivity index (χ4n) is 6.06. The molecule has 1 saturated carbocycles. The third-order valence-corrected chi connectivity index (χ3v) is 7.36. The van der Waals surface area contributed by atoms with E-state index in [1.54, 1.807) is 13.4 Å². The van der Waals surface area contributed by atoms with Gasteiger partial charge in [0.05, 0.1) is 37.8 Å². The first-order valence-corrected chi connectivity index (χ1v) is 10.5. The van der Waals surface area contributed by atoms with Gasteiger partial charge in [-0.05, 0) is 55.2 Å². The van der Waals surface area contributed by atoms with Gasteiger partial charge in [-0.3, -0.25) is 14.6 Å². The van der Waals surface area contributed by atoms with Crippen LogP contribution in [-0.2, 0) is 19.8 Å². The van der Waals surface area contributed by atoms with Crippen molar-refractivity contribution in [3.8, 4) is 0 Å². The Labute approximate surface area is 175 Å². The molecule has 30 heavy (non-hydrogen) atoms. The van der Waals surface area contributed by atoms with Crippen LogP contribution in [0.3, 0.4) is 0 Å². The lowest BCUT2D eigenvalue weighted by Crippen LogP contribution is -2.51. The number of hydroxylamine groups is 1. The summed E-state index contributed by atoms with van der Waals surface area (Å²) in [5, 5.41) is 1.44. The topological polar surface area (TPSA) is 64.3 Å². The van der Waals surface area contributed by atoms with E-state index in [0.29, 0.717) is 24.9 Å². The van der Waals surface area contributed by atoms with Crippen molar-refractivity contribution < 1.29 is 18.8 Å². The van der Waals surface area contributed by atoms with E-state index in [1.165, 1.54) is 5.06 Å². The Kier molecular flexibility index (Phi) is 3.86. The van der Waals surface area contributed by atoms with Gasteiger partial charge in [0, 0.05) is 17.5 Å². The second-order valence-corrected chi connectivity index (χ2v) is 8.73. The quantitative estimate of drug-likeness (QED) is 0.781. The van der Waals surface area contributed by atoms with Crippen molar-refractivity contribution in [3.63, 3.8) is 0 Å². The van der Waals surface area contributed by atoms with Crippen molar-refractivity contribution in [1.82, 2.24) is 0 Å². The highest BCUT2D eigenvalue weighted by Gasteiger charge is 2.64. The van der Waals surface area contributed by atoms with Crippen LogP contribution in [0.15, 0.2) is 57.6 Å². The third kappa shape index (κ3) is 2.26. The lowest BCUT2D eigenvalue weighted by Gasteiger charge is -2.38. The van der Waals surface area contributed by atoms with Gasteiger partial charge in [0.1, 0.15) is 11.2 Å². The number of ether oxygens (including phenoxy) is 1. The van der Waals surface area contributed by atoms with Crippen LogP contribution >= 0.6 is 0 Å². The van der Waals surface area contributed by atoms with Crippen LogP contribution in [0.1, 0.15) is 31.1 Å². The van der Waals surface area contributed by atoms with Crippen LogP contribution in [-0.4, -0.2) is 37.5 Å². The van der Waals surface area contributed by atoms with Crippen molar-refractivity contribution in [2.24, 2.45) is 16.8 Å². The molecule has 2 aromatic rings. The first-order valence-electron chi connectivity index (χ1n) is 10.5. The molecule has 1 amide bonds. The van der Waals surface area contributed by atoms with Gasteiger partial charge in [-0.25, -0.2) is 0 Å². The summed E-state index contributed by atoms with van der Waals surface area (Å²) in [6, 6.07) is 11.8. The molecule has 6 nitrogen and oxygen atoms in total. The van der Waals surface area contributed by atoms with E-state index in [4.69, 9.17) is 19.0 Å². The number of rotatable bonds is 3. The monoisotopic (exact) mass is 404 g/mol. The van der Waals surface area contributed by atoms with Gasteiger partial charge < -0.3 is 9.15 Å². The largest absolute Gasteiger partial charge is 0.465 e. The minimum absolute atomic E-state index is 0.0241. The number of nitrogens with zero attached hydrogens (tertiary/aromatic N) is 2. The molecule has 4 bridgehead atoms. The zero-order chi connectivity index (χ0) is 20.5. The Morgan fingerprint density at radius 3 is 2.97 bits per heavy atom. The molecular formula is C24H24N2O4. The maximum Gasteiger partial charge on any atom is 0.264 e. The third-order valence-electron chi connectivity index (χ3n) is 7.36. The van der Waals surface area contributed by atoms with Crippen LogP contribution in [0.4, 0.5) is 5.69 Å². The standard InChI is InChI=1S/C24H24N2O4/c1-14(10-15-6-5-9-29-15)22-16-11-21-24(12-19(25-22)17(16)13-30-21)18-7-3-4-8-20(18)26(28-2)23(24)27/h3-10,16-17,19,21H,11-13H2,1-2H3/b14-10+/t16?,17?,19-,21+,24-/m0/s1. The average molecular weight is 404 g/mol. The number of benzene rings is 1. The fourth-order valence-corrected chi connectivity index (χ4v) is 6.06. The Balaban J connectivity index is 1.44. The van der Waals surface area contributed by atoms with Crippen molar-refractivity contribution >= 4 is 23.4 Å². The van der Waals surface area contributed by atoms with E-state index in [1.807, 2.05) is 30.3 Å². The number of hydrogen-bond acceptors (Lipinski definition) is 5. The number of amides is 1. The number of aliphatic imine (C=N–C) groups is 1. The predicted octanol–water partition coefficient (Wildman–Crippen LogP) is 3.78. The highest BCUT2D eigenvalue weighted by atomic mass is 16.7. The highest BCUT2D eigenvalue weighted by molar-refractivity contribution is 6.09. The summed E-state index contributed by atoms with van der Waals surface area (Å²) in [7, 11) is 1.55. The van der Waals surface area contributed by atoms with Crippen LogP contribution in [0, 0.1) is 11.8 Å². The maximum atomic E-state index is 13.7. The van der Waals surface area contributed by atoms with Crippen molar-refractivity contribution in [1.29, 1.82) is 0 Å². The lowest BCUT2D eigenvalue weighted by atomic mass is 9.71. The molecule has 5 aliphatic rings. The Morgan fingerprint density at radius 2 is 2.17 bits per heavy atom. The molecule has 4 aliphatic heterocycles. The Morgan fingerprint density at radius 1 is 1.30 bits per heavy atom. The average Bonchev–Trinajstić information content (AvgIpc) is 3.39. The predicted molar refractivity (Wildman–Crippen MR) is 112 cm³/mol. The number of furan rings is 1. The van der Waals surface area contributed by atoms with E-state index in [0.717, 1.165) is 34.7 Å². The Hall–Kier alpha value is -2.70. The van der Waals surface area contributed by atoms with E-state index in [-0.39, 0.29) is 18.1 Å². The van der Waals surface area contributed by atoms with Gasteiger partial charge in [0.2, 0.25) is 0 Å². The SMILES string of the molecule is CON1C(=O)[C@@]2(C[C@@H]3N=C(/C(C)=C/c4ccco4)C4C[C@H]2OCC43)c2ccccc21. The van der Waals surface area contributed by atoms with Crippen LogP contribution in [0.5, 0.6) is 0 Å². The number of para-hydroxylation sites is 1. The summed E-state index contributed by atoms with van der Waals surface area (Å²) < 4.78 is 11.9. The zero-order valence-corrected chi connectivity index (χ0v) is 17.1. The maximum absolute atomic E-state index is 13.7. The molecule has 0 N–H and O–H groups in total. The molecule has 1 aliphatic carbocycles. The summed E-state index contributed by atoms with van der Waals surface area (Å²) in [5.41, 5.74) is 3.39. The van der Waals surface area contributed by atoms with Gasteiger partial charge in [-0.1, -0.05) is 18.2 Å². The summed E-state index contributed by atoms with van der Waals surface area (Å²) >= 11 is 0. The summed E-state index contributed by atoms with van der Waals surface area (Å²) in [6.45, 7) is 2.75. The molecule has 7 rings (SSSR count). The molecule has 5 atom stereocenters. The number of carbonyl (C=O) groups is 1. The van der Waals surface area contributed by atoms with E-state index < -0.39 is 5.41 Å². The smallest absolute Gasteiger partial charge is 0.264 e. The molecule has 5 heterocycles. The van der Waals surface area contributed by atoms with Gasteiger partial charge in [-0.15, -0.1) is 0 Å². The molecule has 1 aromatic carbocycles. The van der Waals surface area contributed by atoms with Gasteiger partial charge in [-0.2, -0.15) is 5.06 Å². The fraction of sp³-hybridized carbons (Fsp3) is 0.417. The molecule has 0 radical (unpaired) electrons. The second kappa shape index (κ2) is 6.40. The zero-order valence-electron chi connectivity index (χ0n) is 17.1. The first kappa shape index (κ1) is 18.1. The minimum Gasteiger partial charge on any atom is -0.465 e. The van der Waals surface area contributed by atoms with Crippen LogP contribution in [0.25, 0.3) is 6.08 Å². The van der Waals surface area contributed by atoms with E-state index in [9.17, 15) is 4.79 Å². The Bertz CT molecular complexity index is 1070. The minimum atomic E-state index is -0.728. The van der Waals surface area contributed by atoms with Crippen LogP contribution in [0.2, 0.25) is 0 Å². The second-order valence-electron chi connectivity index (χ2n) is 8.73. The number of allylic oxidation sites excluding steroid dienone is 1. The first-order chi connectivity index (χ1) is 14.6. The summed E-state index contributed by atoms with van der Waals surface area (Å²) in [5.74, 6) is 1.43. The molecule has 2 saturated heterocycles. The van der Waals surface area contributed by atoms with Crippen molar-refractivity contribution in [2.45, 2.75) is 37.3 Å². The van der Waals surface area contributed by atoms with Gasteiger partial charge in [0.25, 0.3) is 5.91 Å². The molecule has 1 aromatic heterocycles. The lowest BCUT2D eigenvalue weighted by molar-refractivity contribution is -0.137. The number of fused-ring (bicyclic) bond motifs is 2. The van der Waals surface area contributed by atoms with Crippen molar-refractivity contribution in [2.75, 3.05) is 18.8 Å². The number of anilines is 1. The van der Waals surface area contributed by atoms with Gasteiger partial charge in [0.15, 0.2) is 0 Å². The van der Waals surface area contributed by atoms with E-state index >= 15 is 0 Å².